The molecule has 4 heterocycles. The highest BCUT2D eigenvalue weighted by molar-refractivity contribution is 7.13. The fraction of sp³-hybridized carbons (Fsp3) is 0.379. The van der Waals surface area contributed by atoms with Gasteiger partial charge in [0, 0.05) is 17.5 Å². The summed E-state index contributed by atoms with van der Waals surface area (Å²) in [5.74, 6) is -2.67. The van der Waals surface area contributed by atoms with Crippen molar-refractivity contribution in [2.24, 2.45) is 5.16 Å². The maximum atomic E-state index is 13.3. The number of carboxylic acid groups (broad SMARTS) is 1. The number of aliphatic carboxylic acids is 1. The summed E-state index contributed by atoms with van der Waals surface area (Å²) in [7, 11) is 1.51. The first-order valence-electron chi connectivity index (χ1n) is 14.1. The van der Waals surface area contributed by atoms with Gasteiger partial charge in [-0.2, -0.15) is 0 Å². The first-order chi connectivity index (χ1) is 21.3. The number of β-lactam (4-membered cyclic amide) rings is 1. The number of ether oxygens (including phenoxy) is 2. The van der Waals surface area contributed by atoms with Gasteiger partial charge in [-0.15, -0.1) is 11.3 Å². The minimum absolute atomic E-state index is 0.105. The van der Waals surface area contributed by atoms with E-state index in [2.05, 4.69) is 15.5 Å². The summed E-state index contributed by atoms with van der Waals surface area (Å²) in [6, 6.07) is 5.22. The number of allylic oxidation sites excluding steroid dienone is 1. The number of para-hydroxylation sites is 2. The van der Waals surface area contributed by atoms with Gasteiger partial charge in [0.2, 0.25) is 0 Å². The molecule has 0 unspecified atom stereocenters. The van der Waals surface area contributed by atoms with Gasteiger partial charge in [-0.25, -0.2) is 9.78 Å². The Bertz CT molecular complexity index is 1610. The minimum atomic E-state index is -1.41. The van der Waals surface area contributed by atoms with Gasteiger partial charge in [0.15, 0.2) is 22.3 Å². The molecule has 3 fully saturated rings. The quantitative estimate of drug-likeness (QED) is 0.161. The molecular formula is C29H30N6O8S. The molecule has 4 aliphatic rings. The number of anilines is 2. The largest absolute Gasteiger partial charge is 0.495 e. The van der Waals surface area contributed by atoms with Crippen LogP contribution in [0.1, 0.15) is 37.8 Å². The Morgan fingerprint density at radius 3 is 2.73 bits per heavy atom. The van der Waals surface area contributed by atoms with Crippen LogP contribution in [0.4, 0.5) is 10.8 Å². The number of rotatable bonds is 9. The van der Waals surface area contributed by atoms with Crippen LogP contribution in [0, 0.1) is 0 Å². The van der Waals surface area contributed by atoms with E-state index in [0.29, 0.717) is 30.0 Å². The lowest BCUT2D eigenvalue weighted by atomic mass is 9.92. The average Bonchev–Trinajstić information content (AvgIpc) is 3.78. The Morgan fingerprint density at radius 2 is 2.02 bits per heavy atom. The molecule has 1 saturated carbocycles. The number of fused-ring (bicyclic) bond motifs is 1. The number of carbonyl (C=O) groups is 4. The molecule has 2 saturated heterocycles. The lowest BCUT2D eigenvalue weighted by Crippen LogP contribution is -2.73. The van der Waals surface area contributed by atoms with Gasteiger partial charge in [-0.1, -0.05) is 17.3 Å². The number of carboxylic acids is 1. The fourth-order valence-corrected chi connectivity index (χ4v) is 6.30. The van der Waals surface area contributed by atoms with E-state index in [1.165, 1.54) is 13.2 Å². The van der Waals surface area contributed by atoms with Gasteiger partial charge in [0.05, 0.1) is 12.8 Å². The van der Waals surface area contributed by atoms with Gasteiger partial charge in [-0.05, 0) is 50.3 Å². The van der Waals surface area contributed by atoms with Crippen molar-refractivity contribution >= 4 is 51.6 Å². The Labute approximate surface area is 255 Å². The molecule has 6 rings (SSSR count). The molecule has 0 spiro atoms. The second-order valence-corrected chi connectivity index (χ2v) is 11.5. The highest BCUT2D eigenvalue weighted by Gasteiger charge is 2.55. The van der Waals surface area contributed by atoms with Crippen molar-refractivity contribution in [3.05, 3.63) is 58.4 Å². The smallest absolute Gasteiger partial charge is 0.356 e. The summed E-state index contributed by atoms with van der Waals surface area (Å²) in [4.78, 5) is 64.6. The molecule has 44 heavy (non-hydrogen) atoms. The fourth-order valence-electron chi connectivity index (χ4n) is 5.75. The molecule has 230 valence electrons. The van der Waals surface area contributed by atoms with Crippen LogP contribution >= 0.6 is 11.3 Å². The van der Waals surface area contributed by atoms with E-state index >= 15 is 0 Å². The first kappa shape index (κ1) is 29.2. The molecule has 0 bridgehead atoms. The predicted octanol–water partition coefficient (Wildman–Crippen LogP) is 1.78. The van der Waals surface area contributed by atoms with Crippen molar-refractivity contribution < 1.29 is 38.6 Å². The summed E-state index contributed by atoms with van der Waals surface area (Å²) in [5.41, 5.74) is 6.35. The van der Waals surface area contributed by atoms with Gasteiger partial charge < -0.3 is 35.4 Å². The van der Waals surface area contributed by atoms with Gasteiger partial charge in [0.25, 0.3) is 17.7 Å². The molecule has 4 N–H and O–H groups in total. The van der Waals surface area contributed by atoms with E-state index in [0.717, 1.165) is 41.9 Å². The average molecular weight is 623 g/mol. The second kappa shape index (κ2) is 12.0. The lowest BCUT2D eigenvalue weighted by molar-refractivity contribution is -0.159. The molecule has 0 radical (unpaired) electrons. The topological polar surface area (TPSA) is 186 Å². The van der Waals surface area contributed by atoms with E-state index < -0.39 is 35.6 Å². The molecule has 3 amide bonds. The van der Waals surface area contributed by atoms with Crippen LogP contribution in [0.25, 0.3) is 0 Å². The van der Waals surface area contributed by atoms with Crippen molar-refractivity contribution in [3.8, 4) is 5.75 Å². The Kier molecular flexibility index (Phi) is 7.95. The zero-order valence-electron chi connectivity index (χ0n) is 23.7. The molecule has 1 aromatic carbocycles. The number of methoxy groups -OCH3 is 1. The molecule has 2 atom stereocenters. The van der Waals surface area contributed by atoms with E-state index in [1.807, 2.05) is 0 Å². The summed E-state index contributed by atoms with van der Waals surface area (Å²) >= 11 is 1.13. The molecule has 2 aromatic rings. The van der Waals surface area contributed by atoms with Crippen LogP contribution in [0.3, 0.4) is 0 Å². The summed E-state index contributed by atoms with van der Waals surface area (Å²) in [5, 5.41) is 18.6. The summed E-state index contributed by atoms with van der Waals surface area (Å²) in [6.07, 6.45) is 5.23. The number of nitrogens with two attached hydrogens (primary N) is 1. The number of oxime groups is 1. The number of hydrogen-bond donors (Lipinski definition) is 3. The monoisotopic (exact) mass is 622 g/mol. The van der Waals surface area contributed by atoms with Gasteiger partial charge in [-0.3, -0.25) is 19.3 Å². The molecule has 1 aliphatic carbocycles. The second-order valence-electron chi connectivity index (χ2n) is 10.6. The number of nitrogens with zero attached hydrogens (tertiary/aromatic N) is 4. The summed E-state index contributed by atoms with van der Waals surface area (Å²) in [6.45, 7) is 0.255. The van der Waals surface area contributed by atoms with Crippen molar-refractivity contribution in [1.29, 1.82) is 0 Å². The number of amides is 3. The van der Waals surface area contributed by atoms with E-state index in [-0.39, 0.29) is 40.9 Å². The van der Waals surface area contributed by atoms with E-state index in [4.69, 9.17) is 20.0 Å². The third kappa shape index (κ3) is 5.34. The minimum Gasteiger partial charge on any atom is -0.495 e. The Morgan fingerprint density at radius 1 is 1.25 bits per heavy atom. The number of carbonyl (C=O) groups excluding carboxylic acids is 3. The van der Waals surface area contributed by atoms with Crippen molar-refractivity contribution in [2.75, 3.05) is 30.9 Å². The first-order valence-corrected chi connectivity index (χ1v) is 15.0. The number of nitrogen functional groups attached to an aromatic ring is 1. The van der Waals surface area contributed by atoms with Crippen molar-refractivity contribution in [3.63, 3.8) is 0 Å². The third-order valence-electron chi connectivity index (χ3n) is 7.97. The zero-order valence-corrected chi connectivity index (χ0v) is 24.5. The molecule has 14 nitrogen and oxygen atoms in total. The predicted molar refractivity (Wildman–Crippen MR) is 158 cm³/mol. The van der Waals surface area contributed by atoms with Crippen LogP contribution in [0.2, 0.25) is 0 Å². The van der Waals surface area contributed by atoms with Crippen LogP contribution < -0.4 is 20.7 Å². The number of thiazole rings is 1. The normalized spacial score (nSPS) is 23.0. The SMILES string of the molecule is COc1ccccc1N1CCC(=CC2=C(C(=O)O)N3C(=O)[C@@H](NC(=O)C(=NOC4CCCC4)c4csc(N)n4)[C@H]3CO2)C1=O. The standard InChI is InChI=1S/C29H30N6O8S/c1-41-20-9-5-4-8-18(20)34-11-10-15(26(34)37)12-21-24(28(39)40)35-19(13-42-21)23(27(35)38)32-25(36)22(17-14-44-29(30)31-17)33-43-16-6-2-3-7-16/h4-5,8-9,12,14,16,19,23H,2-3,6-7,10-11,13H2,1H3,(H2,30,31)(H,32,36)(H,39,40)/t19-,23+/m1/s1. The highest BCUT2D eigenvalue weighted by atomic mass is 32.1. The molecular weight excluding hydrogens is 592 g/mol. The van der Waals surface area contributed by atoms with Crippen LogP contribution in [-0.4, -0.2) is 82.8 Å². The maximum Gasteiger partial charge on any atom is 0.356 e. The lowest BCUT2D eigenvalue weighted by Gasteiger charge is -2.49. The van der Waals surface area contributed by atoms with Crippen LogP contribution in [-0.2, 0) is 28.8 Å². The van der Waals surface area contributed by atoms with Gasteiger partial charge in [0.1, 0.15) is 36.2 Å². The third-order valence-corrected chi connectivity index (χ3v) is 8.65. The number of nitrogens with one attached hydrogen (secondary N) is 1. The van der Waals surface area contributed by atoms with Gasteiger partial charge >= 0.3 is 5.97 Å². The zero-order chi connectivity index (χ0) is 31.0. The van der Waals surface area contributed by atoms with Crippen LogP contribution in [0.5, 0.6) is 5.75 Å². The highest BCUT2D eigenvalue weighted by Crippen LogP contribution is 2.36. The number of benzene rings is 1. The molecule has 15 heteroatoms. The number of hydrogen-bond acceptors (Lipinski definition) is 11. The molecule has 1 aromatic heterocycles. The van der Waals surface area contributed by atoms with Crippen molar-refractivity contribution in [2.45, 2.75) is 50.3 Å². The molecule has 3 aliphatic heterocycles. The van der Waals surface area contributed by atoms with E-state index in [9.17, 15) is 24.3 Å². The Balaban J connectivity index is 1.20. The number of aromatic nitrogens is 1. The Hall–Kier alpha value is -4.92. The van der Waals surface area contributed by atoms with E-state index in [1.54, 1.807) is 34.5 Å². The summed E-state index contributed by atoms with van der Waals surface area (Å²) < 4.78 is 11.2. The maximum absolute atomic E-state index is 13.3. The van der Waals surface area contributed by atoms with Crippen molar-refractivity contribution in [1.82, 2.24) is 15.2 Å². The van der Waals surface area contributed by atoms with Crippen LogP contribution in [0.15, 0.2) is 57.9 Å².